The van der Waals surface area contributed by atoms with E-state index in [0.29, 0.717) is 11.8 Å². The van der Waals surface area contributed by atoms with E-state index in [9.17, 15) is 5.11 Å². The van der Waals surface area contributed by atoms with Crippen LogP contribution in [-0.4, -0.2) is 5.11 Å². The molecule has 0 saturated carbocycles. The van der Waals surface area contributed by atoms with Crippen molar-refractivity contribution in [3.05, 3.63) is 52.2 Å². The molecule has 2 rings (SSSR count). The molecule has 0 radical (unpaired) electrons. The molecule has 0 aliphatic rings. The number of phenols is 1. The van der Waals surface area contributed by atoms with Crippen molar-refractivity contribution in [1.82, 2.24) is 5.32 Å². The van der Waals surface area contributed by atoms with Crippen molar-refractivity contribution >= 4 is 11.3 Å². The third-order valence-electron chi connectivity index (χ3n) is 2.81. The molecule has 1 aromatic heterocycles. The minimum atomic E-state index is 0.321. The first kappa shape index (κ1) is 12.1. The molecule has 17 heavy (non-hydrogen) atoms. The Morgan fingerprint density at radius 2 is 2.00 bits per heavy atom. The molecular formula is C14H17NOS. The zero-order valence-electron chi connectivity index (χ0n) is 9.89. The topological polar surface area (TPSA) is 32.3 Å². The van der Waals surface area contributed by atoms with Crippen molar-refractivity contribution in [1.29, 1.82) is 0 Å². The molecule has 1 aromatic carbocycles. The van der Waals surface area contributed by atoms with Gasteiger partial charge in [-0.1, -0.05) is 25.1 Å². The summed E-state index contributed by atoms with van der Waals surface area (Å²) in [6.45, 7) is 3.07. The summed E-state index contributed by atoms with van der Waals surface area (Å²) < 4.78 is 0. The fourth-order valence-corrected chi connectivity index (χ4v) is 2.50. The average molecular weight is 247 g/mol. The smallest absolute Gasteiger partial charge is 0.115 e. The van der Waals surface area contributed by atoms with E-state index in [0.717, 1.165) is 13.0 Å². The molecule has 2 nitrogen and oxygen atoms in total. The average Bonchev–Trinajstić information content (AvgIpc) is 2.85. The second kappa shape index (κ2) is 5.84. The molecule has 1 unspecified atom stereocenters. The van der Waals surface area contributed by atoms with Gasteiger partial charge in [0.25, 0.3) is 0 Å². The maximum absolute atomic E-state index is 9.27. The van der Waals surface area contributed by atoms with Gasteiger partial charge in [-0.25, -0.2) is 0 Å². The second-order valence-corrected chi connectivity index (χ2v) is 5.04. The zero-order chi connectivity index (χ0) is 12.1. The van der Waals surface area contributed by atoms with Gasteiger partial charge in [0, 0.05) is 17.5 Å². The Morgan fingerprint density at radius 3 is 2.59 bits per heavy atom. The van der Waals surface area contributed by atoms with Crippen LogP contribution in [0, 0.1) is 0 Å². The number of rotatable bonds is 5. The van der Waals surface area contributed by atoms with Crippen LogP contribution in [0.2, 0.25) is 0 Å². The van der Waals surface area contributed by atoms with Crippen LogP contribution >= 0.6 is 11.3 Å². The highest BCUT2D eigenvalue weighted by molar-refractivity contribution is 7.09. The van der Waals surface area contributed by atoms with E-state index in [1.165, 1.54) is 10.4 Å². The predicted octanol–water partition coefficient (Wildman–Crippen LogP) is 3.69. The van der Waals surface area contributed by atoms with Crippen LogP contribution in [0.1, 0.15) is 29.8 Å². The lowest BCUT2D eigenvalue weighted by atomic mass is 10.0. The molecule has 90 valence electrons. The number of thiophene rings is 1. The fraction of sp³-hybridized carbons (Fsp3) is 0.286. The Kier molecular flexibility index (Phi) is 4.18. The molecule has 2 aromatic rings. The van der Waals surface area contributed by atoms with Crippen molar-refractivity contribution in [2.45, 2.75) is 25.9 Å². The van der Waals surface area contributed by atoms with Gasteiger partial charge in [-0.05, 0) is 35.6 Å². The van der Waals surface area contributed by atoms with E-state index in [4.69, 9.17) is 0 Å². The van der Waals surface area contributed by atoms with Crippen LogP contribution < -0.4 is 5.32 Å². The van der Waals surface area contributed by atoms with Gasteiger partial charge in [0.15, 0.2) is 0 Å². The highest BCUT2D eigenvalue weighted by atomic mass is 32.1. The Hall–Kier alpha value is -1.32. The van der Waals surface area contributed by atoms with Crippen LogP contribution in [0.25, 0.3) is 0 Å². The number of hydrogen-bond acceptors (Lipinski definition) is 3. The molecule has 0 aliphatic heterocycles. The summed E-state index contributed by atoms with van der Waals surface area (Å²) in [7, 11) is 0. The monoisotopic (exact) mass is 247 g/mol. The summed E-state index contributed by atoms with van der Waals surface area (Å²) in [5, 5.41) is 14.9. The van der Waals surface area contributed by atoms with Crippen molar-refractivity contribution in [2.24, 2.45) is 0 Å². The second-order valence-electron chi connectivity index (χ2n) is 4.01. The number of hydrogen-bond donors (Lipinski definition) is 2. The maximum atomic E-state index is 9.27. The number of benzene rings is 1. The van der Waals surface area contributed by atoms with E-state index in [2.05, 4.69) is 29.8 Å². The summed E-state index contributed by atoms with van der Waals surface area (Å²) in [5.74, 6) is 0.321. The Labute approximate surface area is 106 Å². The molecule has 0 bridgehead atoms. The van der Waals surface area contributed by atoms with Gasteiger partial charge in [0.2, 0.25) is 0 Å². The largest absolute Gasteiger partial charge is 0.508 e. The van der Waals surface area contributed by atoms with Gasteiger partial charge in [-0.2, -0.15) is 0 Å². The van der Waals surface area contributed by atoms with Crippen molar-refractivity contribution < 1.29 is 5.11 Å². The minimum absolute atomic E-state index is 0.321. The van der Waals surface area contributed by atoms with E-state index >= 15 is 0 Å². The summed E-state index contributed by atoms with van der Waals surface area (Å²) in [6, 6.07) is 12.0. The Morgan fingerprint density at radius 1 is 1.24 bits per heavy atom. The number of nitrogens with one attached hydrogen (secondary N) is 1. The third-order valence-corrected chi connectivity index (χ3v) is 3.68. The fourth-order valence-electron chi connectivity index (χ4n) is 1.84. The Balaban J connectivity index is 1.99. The normalized spacial score (nSPS) is 12.5. The molecule has 0 amide bonds. The SMILES string of the molecule is CCC(NCc1cccs1)c1ccc(O)cc1. The third kappa shape index (κ3) is 3.32. The molecule has 0 fully saturated rings. The summed E-state index contributed by atoms with van der Waals surface area (Å²) in [6.07, 6.45) is 1.04. The van der Waals surface area contributed by atoms with Crippen LogP contribution in [0.5, 0.6) is 5.75 Å². The van der Waals surface area contributed by atoms with E-state index in [-0.39, 0.29) is 0 Å². The van der Waals surface area contributed by atoms with Crippen molar-refractivity contribution in [3.8, 4) is 5.75 Å². The van der Waals surface area contributed by atoms with Gasteiger partial charge in [0.1, 0.15) is 5.75 Å². The van der Waals surface area contributed by atoms with Gasteiger partial charge < -0.3 is 10.4 Å². The molecule has 3 heteroatoms. The van der Waals surface area contributed by atoms with Crippen LogP contribution in [0.4, 0.5) is 0 Å². The summed E-state index contributed by atoms with van der Waals surface area (Å²) in [4.78, 5) is 1.35. The highest BCUT2D eigenvalue weighted by Gasteiger charge is 2.08. The molecular weight excluding hydrogens is 230 g/mol. The first-order valence-electron chi connectivity index (χ1n) is 5.84. The molecule has 0 spiro atoms. The lowest BCUT2D eigenvalue weighted by molar-refractivity contribution is 0.473. The first-order valence-corrected chi connectivity index (χ1v) is 6.72. The molecule has 0 saturated heterocycles. The van der Waals surface area contributed by atoms with E-state index in [1.807, 2.05) is 12.1 Å². The van der Waals surface area contributed by atoms with Crippen molar-refractivity contribution in [3.63, 3.8) is 0 Å². The lowest BCUT2D eigenvalue weighted by Gasteiger charge is -2.17. The standard InChI is InChI=1S/C14H17NOS/c1-2-14(11-5-7-12(16)8-6-11)15-10-13-4-3-9-17-13/h3-9,14-16H,2,10H2,1H3. The quantitative estimate of drug-likeness (QED) is 0.844. The number of phenolic OH excluding ortho intramolecular Hbond substituents is 1. The molecule has 0 aliphatic carbocycles. The van der Waals surface area contributed by atoms with Gasteiger partial charge >= 0.3 is 0 Å². The molecule has 1 heterocycles. The molecule has 1 atom stereocenters. The first-order chi connectivity index (χ1) is 8.29. The molecule has 2 N–H and O–H groups in total. The van der Waals surface area contributed by atoms with E-state index in [1.54, 1.807) is 23.5 Å². The predicted molar refractivity (Wildman–Crippen MR) is 72.3 cm³/mol. The highest BCUT2D eigenvalue weighted by Crippen LogP contribution is 2.20. The summed E-state index contributed by atoms with van der Waals surface area (Å²) >= 11 is 1.77. The van der Waals surface area contributed by atoms with Gasteiger partial charge in [0.05, 0.1) is 0 Å². The zero-order valence-corrected chi connectivity index (χ0v) is 10.7. The van der Waals surface area contributed by atoms with Crippen LogP contribution in [0.3, 0.4) is 0 Å². The van der Waals surface area contributed by atoms with Gasteiger partial charge in [-0.15, -0.1) is 11.3 Å². The van der Waals surface area contributed by atoms with Crippen LogP contribution in [-0.2, 0) is 6.54 Å². The van der Waals surface area contributed by atoms with Gasteiger partial charge in [-0.3, -0.25) is 0 Å². The summed E-state index contributed by atoms with van der Waals surface area (Å²) in [5.41, 5.74) is 1.22. The van der Waals surface area contributed by atoms with Crippen molar-refractivity contribution in [2.75, 3.05) is 0 Å². The lowest BCUT2D eigenvalue weighted by Crippen LogP contribution is -2.19. The Bertz CT molecular complexity index is 436. The maximum Gasteiger partial charge on any atom is 0.115 e. The van der Waals surface area contributed by atoms with Crippen LogP contribution in [0.15, 0.2) is 41.8 Å². The number of aromatic hydroxyl groups is 1. The van der Waals surface area contributed by atoms with E-state index < -0.39 is 0 Å². The minimum Gasteiger partial charge on any atom is -0.508 e.